The molecule has 3 aliphatic rings. The van der Waals surface area contributed by atoms with Gasteiger partial charge >= 0.3 is 6.09 Å². The zero-order chi connectivity index (χ0) is 38.7. The number of methoxy groups -OCH3 is 1. The fourth-order valence-electron chi connectivity index (χ4n) is 6.81. The van der Waals surface area contributed by atoms with Gasteiger partial charge in [-0.2, -0.15) is 4.98 Å². The largest absolute Gasteiger partial charge is 0.505 e. The van der Waals surface area contributed by atoms with Crippen LogP contribution in [0.2, 0.25) is 0 Å². The second kappa shape index (κ2) is 16.2. The number of anilines is 1. The molecule has 3 atom stereocenters. The molecular formula is C38H44N4O12S. The van der Waals surface area contributed by atoms with Gasteiger partial charge in [-0.25, -0.2) is 13.2 Å². The number of carbonyl (C=O) groups is 1. The Kier molecular flexibility index (Phi) is 11.2. The van der Waals surface area contributed by atoms with Gasteiger partial charge in [0.15, 0.2) is 24.4 Å². The molecule has 294 valence electrons. The molecule has 0 spiro atoms. The van der Waals surface area contributed by atoms with Crippen LogP contribution in [0.5, 0.6) is 28.7 Å². The summed E-state index contributed by atoms with van der Waals surface area (Å²) in [5.41, 5.74) is 0.663. The summed E-state index contributed by atoms with van der Waals surface area (Å²) in [6, 6.07) is 14.2. The van der Waals surface area contributed by atoms with E-state index in [-0.39, 0.29) is 90.1 Å². The Balaban J connectivity index is 1.20. The Morgan fingerprint density at radius 2 is 1.84 bits per heavy atom. The molecule has 3 aromatic carbocycles. The normalized spacial score (nSPS) is 18.7. The number of rotatable bonds is 15. The second-order valence-electron chi connectivity index (χ2n) is 13.7. The van der Waals surface area contributed by atoms with Crippen molar-refractivity contribution in [2.75, 3.05) is 44.5 Å². The Hall–Kier alpha value is -5.26. The van der Waals surface area contributed by atoms with E-state index in [1.807, 2.05) is 20.8 Å². The van der Waals surface area contributed by atoms with E-state index in [4.69, 9.17) is 37.7 Å². The molecule has 0 saturated carbocycles. The molecule has 0 bridgehead atoms. The summed E-state index contributed by atoms with van der Waals surface area (Å²) in [6.45, 7) is 6.31. The maximum atomic E-state index is 14.5. The van der Waals surface area contributed by atoms with Crippen LogP contribution in [-0.2, 0) is 37.4 Å². The number of aromatic nitrogens is 2. The quantitative estimate of drug-likeness (QED) is 0.155. The molecule has 1 N–H and O–H groups in total. The van der Waals surface area contributed by atoms with Gasteiger partial charge in [0.2, 0.25) is 12.6 Å². The number of aromatic hydroxyl groups is 1. The number of hydrogen-bond acceptors (Lipinski definition) is 14. The van der Waals surface area contributed by atoms with Crippen LogP contribution in [-0.4, -0.2) is 87.2 Å². The minimum atomic E-state index is -4.37. The number of benzene rings is 3. The molecule has 17 heteroatoms. The number of phenolic OH excluding ortho intramolecular Hbond substituents is 1. The van der Waals surface area contributed by atoms with Gasteiger partial charge < -0.3 is 47.7 Å². The zero-order valence-corrected chi connectivity index (χ0v) is 31.8. The lowest BCUT2D eigenvalue weighted by Gasteiger charge is -2.30. The molecule has 0 aliphatic carbocycles. The van der Waals surface area contributed by atoms with Gasteiger partial charge in [-0.1, -0.05) is 25.9 Å². The number of phenols is 1. The first-order valence-corrected chi connectivity index (χ1v) is 19.5. The molecule has 1 amide bonds. The van der Waals surface area contributed by atoms with Gasteiger partial charge in [-0.3, -0.25) is 4.31 Å². The third-order valence-electron chi connectivity index (χ3n) is 9.53. The Morgan fingerprint density at radius 1 is 1.04 bits per heavy atom. The van der Waals surface area contributed by atoms with Crippen LogP contribution in [0.15, 0.2) is 64.0 Å². The minimum absolute atomic E-state index is 0.0105. The lowest BCUT2D eigenvalue weighted by molar-refractivity contribution is -0.0906. The molecule has 7 rings (SSSR count). The first kappa shape index (κ1) is 38.0. The van der Waals surface area contributed by atoms with E-state index in [0.717, 1.165) is 10.7 Å². The number of hydrogen-bond donors (Lipinski definition) is 1. The van der Waals surface area contributed by atoms with Crippen LogP contribution in [0.1, 0.15) is 45.0 Å². The predicted molar refractivity (Wildman–Crippen MR) is 195 cm³/mol. The fourth-order valence-corrected chi connectivity index (χ4v) is 8.47. The fraction of sp³-hybridized carbons (Fsp3) is 0.447. The van der Waals surface area contributed by atoms with Crippen molar-refractivity contribution in [1.29, 1.82) is 0 Å². The molecule has 4 aromatic rings. The Bertz CT molecular complexity index is 2090. The SMILES string of the molecule is CCCN(C(=O)OCc1ccc(OCc2noc(-c3ccc(OC)cc3)n2)c(N(CC(C)C)S(=O)(=O)c2ccc3c(c2)OCO3)c1O)[C@H]1CO[C@H]2OCC[C@H]21. The van der Waals surface area contributed by atoms with Crippen molar-refractivity contribution in [1.82, 2.24) is 15.0 Å². The molecular weight excluding hydrogens is 737 g/mol. The maximum absolute atomic E-state index is 14.5. The molecule has 4 heterocycles. The van der Waals surface area contributed by atoms with Gasteiger partial charge in [-0.15, -0.1) is 0 Å². The predicted octanol–water partition coefficient (Wildman–Crippen LogP) is 5.72. The molecule has 3 aliphatic heterocycles. The molecule has 0 unspecified atom stereocenters. The van der Waals surface area contributed by atoms with Crippen LogP contribution in [0.4, 0.5) is 10.5 Å². The molecule has 2 saturated heterocycles. The number of carbonyl (C=O) groups excluding carboxylic acids is 1. The lowest BCUT2D eigenvalue weighted by Crippen LogP contribution is -2.45. The summed E-state index contributed by atoms with van der Waals surface area (Å²) in [7, 11) is -2.80. The highest BCUT2D eigenvalue weighted by Crippen LogP contribution is 2.45. The summed E-state index contributed by atoms with van der Waals surface area (Å²) < 4.78 is 75.1. The highest BCUT2D eigenvalue weighted by molar-refractivity contribution is 7.92. The third kappa shape index (κ3) is 7.95. The maximum Gasteiger partial charge on any atom is 0.410 e. The van der Waals surface area contributed by atoms with Gasteiger partial charge in [-0.05, 0) is 67.3 Å². The van der Waals surface area contributed by atoms with Gasteiger partial charge in [0.25, 0.3) is 15.9 Å². The average Bonchev–Trinajstić information content (AvgIpc) is 4.01. The molecule has 1 aromatic heterocycles. The van der Waals surface area contributed by atoms with E-state index in [0.29, 0.717) is 43.2 Å². The highest BCUT2D eigenvalue weighted by Gasteiger charge is 2.46. The van der Waals surface area contributed by atoms with Crippen molar-refractivity contribution in [2.45, 2.75) is 64.1 Å². The summed E-state index contributed by atoms with van der Waals surface area (Å²) in [6.07, 6.45) is 0.525. The van der Waals surface area contributed by atoms with E-state index < -0.39 is 21.9 Å². The van der Waals surface area contributed by atoms with Crippen LogP contribution in [0, 0.1) is 11.8 Å². The summed E-state index contributed by atoms with van der Waals surface area (Å²) in [5, 5.41) is 16.0. The van der Waals surface area contributed by atoms with Crippen molar-refractivity contribution in [3.8, 4) is 40.2 Å². The van der Waals surface area contributed by atoms with Gasteiger partial charge in [0.05, 0.1) is 31.3 Å². The van der Waals surface area contributed by atoms with Crippen LogP contribution >= 0.6 is 0 Å². The van der Waals surface area contributed by atoms with Gasteiger partial charge in [0.1, 0.15) is 29.5 Å². The number of amides is 1. The van der Waals surface area contributed by atoms with E-state index in [1.54, 1.807) is 36.3 Å². The third-order valence-corrected chi connectivity index (χ3v) is 11.3. The van der Waals surface area contributed by atoms with Crippen LogP contribution in [0.3, 0.4) is 0 Å². The van der Waals surface area contributed by atoms with Crippen molar-refractivity contribution >= 4 is 21.8 Å². The second-order valence-corrected chi connectivity index (χ2v) is 15.6. The number of nitrogens with zero attached hydrogens (tertiary/aromatic N) is 4. The van der Waals surface area contributed by atoms with E-state index in [2.05, 4.69) is 10.1 Å². The van der Waals surface area contributed by atoms with Crippen molar-refractivity contribution in [3.63, 3.8) is 0 Å². The topological polar surface area (TPSA) is 181 Å². The summed E-state index contributed by atoms with van der Waals surface area (Å²) >= 11 is 0. The number of sulfonamides is 1. The monoisotopic (exact) mass is 780 g/mol. The smallest absolute Gasteiger partial charge is 0.410 e. The van der Waals surface area contributed by atoms with Crippen molar-refractivity contribution in [3.05, 3.63) is 66.0 Å². The first-order valence-electron chi connectivity index (χ1n) is 18.1. The molecule has 2 fully saturated rings. The van der Waals surface area contributed by atoms with Gasteiger partial charge in [0, 0.05) is 36.2 Å². The van der Waals surface area contributed by atoms with Crippen LogP contribution in [0.25, 0.3) is 11.5 Å². The van der Waals surface area contributed by atoms with E-state index in [9.17, 15) is 18.3 Å². The minimum Gasteiger partial charge on any atom is -0.505 e. The molecule has 16 nitrogen and oxygen atoms in total. The standard InChI is InChI=1S/C38H44N4O12S/c1-5-15-41(29-20-50-37-28(29)14-16-48-37)38(44)51-19-25-8-12-31(49-21-33-39-36(54-40-33)24-6-9-26(47-4)10-7-24)34(35(25)43)42(18-23(2)3)55(45,46)27-11-13-30-32(17-27)53-22-52-30/h6-13,17,23,28-29,37,43H,5,14-16,18-22H2,1-4H3/t28-,29-,37+/m0/s1. The highest BCUT2D eigenvalue weighted by atomic mass is 32.2. The molecule has 0 radical (unpaired) electrons. The van der Waals surface area contributed by atoms with E-state index in [1.165, 1.54) is 30.3 Å². The van der Waals surface area contributed by atoms with Crippen molar-refractivity contribution < 1.29 is 56.0 Å². The van der Waals surface area contributed by atoms with Crippen molar-refractivity contribution in [2.24, 2.45) is 11.8 Å². The Morgan fingerprint density at radius 3 is 2.60 bits per heavy atom. The summed E-state index contributed by atoms with van der Waals surface area (Å²) in [5.74, 6) is 1.16. The summed E-state index contributed by atoms with van der Waals surface area (Å²) in [4.78, 5) is 19.6. The number of ether oxygens (including phenoxy) is 7. The molecule has 55 heavy (non-hydrogen) atoms. The number of fused-ring (bicyclic) bond motifs is 2. The van der Waals surface area contributed by atoms with E-state index >= 15 is 0 Å². The first-order chi connectivity index (χ1) is 26.6. The lowest BCUT2D eigenvalue weighted by atomic mass is 9.99. The zero-order valence-electron chi connectivity index (χ0n) is 31.0. The Labute approximate surface area is 318 Å². The average molecular weight is 781 g/mol. The van der Waals surface area contributed by atoms with Crippen LogP contribution < -0.4 is 23.3 Å².